The average molecular weight is 290 g/mol. The molecule has 1 aliphatic heterocycles. The van der Waals surface area contributed by atoms with Crippen molar-refractivity contribution in [3.63, 3.8) is 0 Å². The highest BCUT2D eigenvalue weighted by Crippen LogP contribution is 2.24. The Morgan fingerprint density at radius 2 is 2.00 bits per heavy atom. The van der Waals surface area contributed by atoms with Crippen LogP contribution >= 0.6 is 0 Å². The second kappa shape index (κ2) is 7.60. The molecule has 0 saturated carbocycles. The van der Waals surface area contributed by atoms with Crippen LogP contribution in [0.5, 0.6) is 0 Å². The highest BCUT2D eigenvalue weighted by Gasteiger charge is 2.25. The summed E-state index contributed by atoms with van der Waals surface area (Å²) in [5.41, 5.74) is 0. The van der Waals surface area contributed by atoms with E-state index in [2.05, 4.69) is 26.1 Å². The summed E-state index contributed by atoms with van der Waals surface area (Å²) in [5.74, 6) is 1.21. The summed E-state index contributed by atoms with van der Waals surface area (Å²) in [6, 6.07) is 0.540. The molecular formula is C14H30N2O2S. The zero-order valence-corrected chi connectivity index (χ0v) is 13.7. The van der Waals surface area contributed by atoms with Crippen LogP contribution in [0.4, 0.5) is 0 Å². The van der Waals surface area contributed by atoms with Gasteiger partial charge in [0.25, 0.3) is 0 Å². The normalized spacial score (nSPS) is 23.7. The first kappa shape index (κ1) is 16.9. The molecule has 19 heavy (non-hydrogen) atoms. The van der Waals surface area contributed by atoms with Gasteiger partial charge in [-0.05, 0) is 44.1 Å². The molecule has 0 aliphatic carbocycles. The smallest absolute Gasteiger partial charge is 0.211 e. The van der Waals surface area contributed by atoms with E-state index in [-0.39, 0.29) is 0 Å². The minimum atomic E-state index is -3.00. The van der Waals surface area contributed by atoms with Crippen LogP contribution in [-0.2, 0) is 10.0 Å². The number of nitrogens with zero attached hydrogens (tertiary/aromatic N) is 1. The van der Waals surface area contributed by atoms with Gasteiger partial charge in [0.15, 0.2) is 0 Å². The molecule has 1 saturated heterocycles. The van der Waals surface area contributed by atoms with Crippen molar-refractivity contribution in [2.45, 2.75) is 52.5 Å². The summed E-state index contributed by atoms with van der Waals surface area (Å²) in [6.07, 6.45) is 5.84. The van der Waals surface area contributed by atoms with Crippen molar-refractivity contribution < 1.29 is 8.42 Å². The van der Waals surface area contributed by atoms with Crippen molar-refractivity contribution in [3.8, 4) is 0 Å². The van der Waals surface area contributed by atoms with Gasteiger partial charge in [-0.3, -0.25) is 0 Å². The van der Waals surface area contributed by atoms with Crippen LogP contribution in [0.3, 0.4) is 0 Å². The molecule has 1 fully saturated rings. The van der Waals surface area contributed by atoms with E-state index in [1.807, 2.05) is 0 Å². The molecule has 114 valence electrons. The van der Waals surface area contributed by atoms with Gasteiger partial charge in [-0.25, -0.2) is 12.7 Å². The Balaban J connectivity index is 2.29. The van der Waals surface area contributed by atoms with E-state index in [0.717, 1.165) is 25.9 Å². The number of nitrogens with one attached hydrogen (secondary N) is 1. The Hall–Kier alpha value is -0.130. The van der Waals surface area contributed by atoms with Crippen LogP contribution in [0.2, 0.25) is 0 Å². The summed E-state index contributed by atoms with van der Waals surface area (Å²) in [5, 5.41) is 3.46. The zero-order chi connectivity index (χ0) is 14.5. The van der Waals surface area contributed by atoms with Crippen LogP contribution in [0.1, 0.15) is 46.5 Å². The van der Waals surface area contributed by atoms with E-state index < -0.39 is 10.0 Å². The molecule has 0 aromatic heterocycles. The van der Waals surface area contributed by atoms with Crippen LogP contribution in [0, 0.1) is 11.8 Å². The molecule has 0 bridgehead atoms. The summed E-state index contributed by atoms with van der Waals surface area (Å²) in [7, 11) is -3.00. The first-order valence-corrected chi connectivity index (χ1v) is 9.32. The predicted molar refractivity (Wildman–Crippen MR) is 80.7 cm³/mol. The monoisotopic (exact) mass is 290 g/mol. The maximum absolute atomic E-state index is 11.6. The lowest BCUT2D eigenvalue weighted by molar-refractivity contribution is 0.244. The van der Waals surface area contributed by atoms with Gasteiger partial charge in [-0.15, -0.1) is 0 Å². The molecular weight excluding hydrogens is 260 g/mol. The molecule has 0 aromatic carbocycles. The molecule has 4 nitrogen and oxygen atoms in total. The maximum atomic E-state index is 11.6. The van der Waals surface area contributed by atoms with Crippen molar-refractivity contribution in [3.05, 3.63) is 0 Å². The largest absolute Gasteiger partial charge is 0.314 e. The number of sulfonamides is 1. The molecule has 0 spiro atoms. The summed E-state index contributed by atoms with van der Waals surface area (Å²) in [6.45, 7) is 9.09. The first-order chi connectivity index (χ1) is 8.79. The first-order valence-electron chi connectivity index (χ1n) is 7.47. The second-order valence-electron chi connectivity index (χ2n) is 6.37. The van der Waals surface area contributed by atoms with Gasteiger partial charge in [0.05, 0.1) is 6.26 Å². The molecule has 1 aliphatic rings. The van der Waals surface area contributed by atoms with Crippen LogP contribution in [0.15, 0.2) is 0 Å². The van der Waals surface area contributed by atoms with Gasteiger partial charge in [-0.2, -0.15) is 0 Å². The van der Waals surface area contributed by atoms with Crippen LogP contribution < -0.4 is 5.32 Å². The SMILES string of the molecule is CC(CCC1CCCN(S(C)(=O)=O)C1)CNC(C)C. The quantitative estimate of drug-likeness (QED) is 0.781. The average Bonchev–Trinajstić information content (AvgIpc) is 2.33. The van der Waals surface area contributed by atoms with Crippen molar-refractivity contribution >= 4 is 10.0 Å². The highest BCUT2D eigenvalue weighted by molar-refractivity contribution is 7.88. The zero-order valence-electron chi connectivity index (χ0n) is 12.9. The molecule has 0 radical (unpaired) electrons. The molecule has 1 heterocycles. The van der Waals surface area contributed by atoms with Crippen LogP contribution in [-0.4, -0.2) is 44.7 Å². The maximum Gasteiger partial charge on any atom is 0.211 e. The third-order valence-corrected chi connectivity index (χ3v) is 5.16. The van der Waals surface area contributed by atoms with E-state index in [1.54, 1.807) is 4.31 Å². The fourth-order valence-electron chi connectivity index (χ4n) is 2.62. The van der Waals surface area contributed by atoms with Crippen molar-refractivity contribution in [2.75, 3.05) is 25.9 Å². The van der Waals surface area contributed by atoms with Gasteiger partial charge in [0, 0.05) is 19.1 Å². The van der Waals surface area contributed by atoms with Crippen LogP contribution in [0.25, 0.3) is 0 Å². The molecule has 5 heteroatoms. The van der Waals surface area contributed by atoms with Crippen molar-refractivity contribution in [1.82, 2.24) is 9.62 Å². The molecule has 1 rings (SSSR count). The fourth-order valence-corrected chi connectivity index (χ4v) is 3.57. The Morgan fingerprint density at radius 1 is 1.32 bits per heavy atom. The van der Waals surface area contributed by atoms with E-state index in [1.165, 1.54) is 19.1 Å². The number of rotatable bonds is 7. The summed E-state index contributed by atoms with van der Waals surface area (Å²) in [4.78, 5) is 0. The Labute approximate surface area is 119 Å². The van der Waals surface area contributed by atoms with E-state index in [0.29, 0.717) is 24.4 Å². The summed E-state index contributed by atoms with van der Waals surface area (Å²) < 4.78 is 24.8. The third-order valence-electron chi connectivity index (χ3n) is 3.89. The Bertz CT molecular complexity index is 354. The lowest BCUT2D eigenvalue weighted by atomic mass is 9.91. The molecule has 0 aromatic rings. The fraction of sp³-hybridized carbons (Fsp3) is 1.00. The second-order valence-corrected chi connectivity index (χ2v) is 8.36. The Morgan fingerprint density at radius 3 is 2.58 bits per heavy atom. The highest BCUT2D eigenvalue weighted by atomic mass is 32.2. The Kier molecular flexibility index (Phi) is 6.77. The number of hydrogen-bond donors (Lipinski definition) is 1. The topological polar surface area (TPSA) is 49.4 Å². The van der Waals surface area contributed by atoms with Gasteiger partial charge >= 0.3 is 0 Å². The lowest BCUT2D eigenvalue weighted by Gasteiger charge is -2.31. The molecule has 2 atom stereocenters. The van der Waals surface area contributed by atoms with Gasteiger partial charge in [-0.1, -0.05) is 20.8 Å². The van der Waals surface area contributed by atoms with E-state index in [4.69, 9.17) is 0 Å². The summed E-state index contributed by atoms with van der Waals surface area (Å²) >= 11 is 0. The van der Waals surface area contributed by atoms with Gasteiger partial charge < -0.3 is 5.32 Å². The standard InChI is InChI=1S/C14H30N2O2S/c1-12(2)15-10-13(3)7-8-14-6-5-9-16(11-14)19(4,17)18/h12-15H,5-11H2,1-4H3. The lowest BCUT2D eigenvalue weighted by Crippen LogP contribution is -2.39. The molecule has 0 amide bonds. The van der Waals surface area contributed by atoms with Crippen molar-refractivity contribution in [2.24, 2.45) is 11.8 Å². The van der Waals surface area contributed by atoms with E-state index in [9.17, 15) is 8.42 Å². The number of hydrogen-bond acceptors (Lipinski definition) is 3. The predicted octanol–water partition coefficient (Wildman–Crippen LogP) is 2.07. The minimum absolute atomic E-state index is 0.540. The van der Waals surface area contributed by atoms with Crippen molar-refractivity contribution in [1.29, 1.82) is 0 Å². The van der Waals surface area contributed by atoms with Gasteiger partial charge in [0.2, 0.25) is 10.0 Å². The molecule has 1 N–H and O–H groups in total. The molecule has 2 unspecified atom stereocenters. The van der Waals surface area contributed by atoms with E-state index >= 15 is 0 Å². The minimum Gasteiger partial charge on any atom is -0.314 e. The third kappa shape index (κ3) is 6.72. The van der Waals surface area contributed by atoms with Gasteiger partial charge in [0.1, 0.15) is 0 Å². The number of piperidine rings is 1.